The van der Waals surface area contributed by atoms with E-state index in [4.69, 9.17) is 21.1 Å². The predicted octanol–water partition coefficient (Wildman–Crippen LogP) is 1.22. The van der Waals surface area contributed by atoms with Crippen LogP contribution in [-0.2, 0) is 23.1 Å². The first-order chi connectivity index (χ1) is 8.25. The van der Waals surface area contributed by atoms with Crippen LogP contribution in [0.2, 0.25) is 5.15 Å². The standard InChI is InChI=1S/C11H20ClN3O2/c1-15-10(12)8-14-11(15)9-13-4-3-5-17-7-6-16-2/h8,13H,3-7,9H2,1-2H3. The number of halogens is 1. The lowest BCUT2D eigenvalue weighted by molar-refractivity contribution is 0.0694. The average Bonchev–Trinajstić information content (AvgIpc) is 2.64. The maximum absolute atomic E-state index is 5.88. The molecule has 0 aromatic carbocycles. The molecule has 6 heteroatoms. The van der Waals surface area contributed by atoms with Gasteiger partial charge in [-0.05, 0) is 13.0 Å². The maximum atomic E-state index is 5.88. The van der Waals surface area contributed by atoms with Crippen LogP contribution in [-0.4, -0.2) is 43.0 Å². The van der Waals surface area contributed by atoms with Crippen LogP contribution in [0.1, 0.15) is 12.2 Å². The summed E-state index contributed by atoms with van der Waals surface area (Å²) < 4.78 is 12.1. The van der Waals surface area contributed by atoms with Gasteiger partial charge in [-0.3, -0.25) is 0 Å². The molecule has 0 unspecified atom stereocenters. The van der Waals surface area contributed by atoms with E-state index in [0.29, 0.717) is 18.4 Å². The Balaban J connectivity index is 1.99. The second-order valence-electron chi connectivity index (χ2n) is 3.69. The molecule has 1 heterocycles. The highest BCUT2D eigenvalue weighted by Crippen LogP contribution is 2.08. The van der Waals surface area contributed by atoms with Crippen molar-refractivity contribution < 1.29 is 9.47 Å². The van der Waals surface area contributed by atoms with Crippen molar-refractivity contribution in [1.82, 2.24) is 14.9 Å². The van der Waals surface area contributed by atoms with Crippen LogP contribution in [0.5, 0.6) is 0 Å². The number of nitrogens with one attached hydrogen (secondary N) is 1. The van der Waals surface area contributed by atoms with E-state index in [-0.39, 0.29) is 0 Å². The third-order valence-corrected chi connectivity index (χ3v) is 2.74. The van der Waals surface area contributed by atoms with Crippen LogP contribution >= 0.6 is 11.6 Å². The molecule has 1 aromatic heterocycles. The minimum Gasteiger partial charge on any atom is -0.382 e. The number of methoxy groups -OCH3 is 1. The summed E-state index contributed by atoms with van der Waals surface area (Å²) in [7, 11) is 3.57. The van der Waals surface area contributed by atoms with Crippen molar-refractivity contribution in [3.8, 4) is 0 Å². The largest absolute Gasteiger partial charge is 0.382 e. The van der Waals surface area contributed by atoms with Gasteiger partial charge in [0.05, 0.1) is 26.0 Å². The second-order valence-corrected chi connectivity index (χ2v) is 4.08. The van der Waals surface area contributed by atoms with Gasteiger partial charge in [-0.25, -0.2) is 4.98 Å². The van der Waals surface area contributed by atoms with E-state index in [0.717, 1.165) is 31.9 Å². The first kappa shape index (κ1) is 14.4. The van der Waals surface area contributed by atoms with Gasteiger partial charge < -0.3 is 19.4 Å². The fraction of sp³-hybridized carbons (Fsp3) is 0.727. The number of imidazole rings is 1. The van der Waals surface area contributed by atoms with Crippen molar-refractivity contribution in [2.24, 2.45) is 7.05 Å². The molecule has 0 spiro atoms. The molecule has 0 radical (unpaired) electrons. The zero-order valence-electron chi connectivity index (χ0n) is 10.4. The number of hydrogen-bond acceptors (Lipinski definition) is 4. The highest BCUT2D eigenvalue weighted by atomic mass is 35.5. The van der Waals surface area contributed by atoms with Gasteiger partial charge in [-0.15, -0.1) is 0 Å². The summed E-state index contributed by atoms with van der Waals surface area (Å²) in [5.41, 5.74) is 0. The summed E-state index contributed by atoms with van der Waals surface area (Å²) in [5, 5.41) is 3.95. The number of hydrogen-bond donors (Lipinski definition) is 1. The van der Waals surface area contributed by atoms with Gasteiger partial charge in [0.25, 0.3) is 0 Å². The normalized spacial score (nSPS) is 11.0. The van der Waals surface area contributed by atoms with Gasteiger partial charge in [-0.2, -0.15) is 0 Å². The van der Waals surface area contributed by atoms with Crippen molar-refractivity contribution in [2.75, 3.05) is 33.5 Å². The molecule has 0 aliphatic heterocycles. The topological polar surface area (TPSA) is 48.3 Å². The molecule has 98 valence electrons. The Labute approximate surface area is 107 Å². The first-order valence-electron chi connectivity index (χ1n) is 5.69. The van der Waals surface area contributed by atoms with Crippen molar-refractivity contribution in [3.05, 3.63) is 17.2 Å². The molecule has 1 aromatic rings. The highest BCUT2D eigenvalue weighted by molar-refractivity contribution is 6.29. The van der Waals surface area contributed by atoms with Crippen LogP contribution in [0.15, 0.2) is 6.20 Å². The van der Waals surface area contributed by atoms with E-state index < -0.39 is 0 Å². The lowest BCUT2D eigenvalue weighted by atomic mass is 10.4. The molecular weight excluding hydrogens is 242 g/mol. The number of aromatic nitrogens is 2. The zero-order chi connectivity index (χ0) is 12.5. The number of nitrogens with zero attached hydrogens (tertiary/aromatic N) is 2. The van der Waals surface area contributed by atoms with E-state index in [1.54, 1.807) is 13.3 Å². The average molecular weight is 262 g/mol. The highest BCUT2D eigenvalue weighted by Gasteiger charge is 2.02. The van der Waals surface area contributed by atoms with Gasteiger partial charge in [0.1, 0.15) is 11.0 Å². The van der Waals surface area contributed by atoms with Gasteiger partial charge in [0, 0.05) is 20.8 Å². The minimum absolute atomic E-state index is 0.652. The van der Waals surface area contributed by atoms with Crippen molar-refractivity contribution >= 4 is 11.6 Å². The molecule has 0 aliphatic rings. The van der Waals surface area contributed by atoms with Crippen molar-refractivity contribution in [3.63, 3.8) is 0 Å². The van der Waals surface area contributed by atoms with Crippen LogP contribution in [0.3, 0.4) is 0 Å². The van der Waals surface area contributed by atoms with Crippen LogP contribution < -0.4 is 5.32 Å². The zero-order valence-corrected chi connectivity index (χ0v) is 11.2. The van der Waals surface area contributed by atoms with Gasteiger partial charge in [-0.1, -0.05) is 11.6 Å². The molecule has 1 N–H and O–H groups in total. The Bertz CT molecular complexity index is 318. The molecule has 1 rings (SSSR count). The smallest absolute Gasteiger partial charge is 0.128 e. The minimum atomic E-state index is 0.652. The van der Waals surface area contributed by atoms with Crippen LogP contribution in [0, 0.1) is 0 Å². The van der Waals surface area contributed by atoms with E-state index in [1.165, 1.54) is 0 Å². The second kappa shape index (κ2) is 8.47. The Morgan fingerprint density at radius 3 is 2.88 bits per heavy atom. The molecule has 17 heavy (non-hydrogen) atoms. The summed E-state index contributed by atoms with van der Waals surface area (Å²) >= 11 is 5.88. The molecule has 0 amide bonds. The Morgan fingerprint density at radius 2 is 2.24 bits per heavy atom. The summed E-state index contributed by atoms with van der Waals surface area (Å²) in [6, 6.07) is 0. The number of rotatable bonds is 9. The van der Waals surface area contributed by atoms with Gasteiger partial charge >= 0.3 is 0 Å². The fourth-order valence-corrected chi connectivity index (χ4v) is 1.48. The predicted molar refractivity (Wildman–Crippen MR) is 67.2 cm³/mol. The summed E-state index contributed by atoms with van der Waals surface area (Å²) in [5.74, 6) is 0.940. The van der Waals surface area contributed by atoms with E-state index in [2.05, 4.69) is 10.3 Å². The van der Waals surface area contributed by atoms with Crippen LogP contribution in [0.25, 0.3) is 0 Å². The molecule has 0 bridgehead atoms. The summed E-state index contributed by atoms with van der Waals surface area (Å²) in [4.78, 5) is 4.19. The third-order valence-electron chi connectivity index (χ3n) is 2.38. The van der Waals surface area contributed by atoms with E-state index >= 15 is 0 Å². The summed E-state index contributed by atoms with van der Waals surface area (Å²) in [6.45, 7) is 3.68. The Morgan fingerprint density at radius 1 is 1.41 bits per heavy atom. The van der Waals surface area contributed by atoms with Crippen LogP contribution in [0.4, 0.5) is 0 Å². The molecule has 5 nitrogen and oxygen atoms in total. The lowest BCUT2D eigenvalue weighted by Crippen LogP contribution is -2.19. The molecule has 0 fully saturated rings. The Kier molecular flexibility index (Phi) is 7.19. The molecular formula is C11H20ClN3O2. The SMILES string of the molecule is COCCOCCCNCc1ncc(Cl)n1C. The first-order valence-corrected chi connectivity index (χ1v) is 6.07. The van der Waals surface area contributed by atoms with Crippen molar-refractivity contribution in [1.29, 1.82) is 0 Å². The number of ether oxygens (including phenoxy) is 2. The molecule has 0 saturated heterocycles. The quantitative estimate of drug-likeness (QED) is 0.679. The maximum Gasteiger partial charge on any atom is 0.128 e. The Hall–Kier alpha value is -0.620. The van der Waals surface area contributed by atoms with Gasteiger partial charge in [0.2, 0.25) is 0 Å². The van der Waals surface area contributed by atoms with E-state index in [9.17, 15) is 0 Å². The molecule has 0 aliphatic carbocycles. The van der Waals surface area contributed by atoms with Gasteiger partial charge in [0.15, 0.2) is 0 Å². The van der Waals surface area contributed by atoms with Crippen molar-refractivity contribution in [2.45, 2.75) is 13.0 Å². The van der Waals surface area contributed by atoms with E-state index in [1.807, 2.05) is 11.6 Å². The summed E-state index contributed by atoms with van der Waals surface area (Å²) in [6.07, 6.45) is 2.63. The lowest BCUT2D eigenvalue weighted by Gasteiger charge is -2.06. The monoisotopic (exact) mass is 261 g/mol. The fourth-order valence-electron chi connectivity index (χ4n) is 1.33. The molecule has 0 saturated carbocycles. The molecule has 0 atom stereocenters. The third kappa shape index (κ3) is 5.50.